The van der Waals surface area contributed by atoms with Gasteiger partial charge in [-0.25, -0.2) is 0 Å². The predicted octanol–water partition coefficient (Wildman–Crippen LogP) is 0.467. The molecule has 5 nitrogen and oxygen atoms in total. The van der Waals surface area contributed by atoms with Crippen LogP contribution in [0.15, 0.2) is 0 Å². The molecule has 1 rings (SSSR count). The van der Waals surface area contributed by atoms with Crippen LogP contribution in [0, 0.1) is 0 Å². The maximum Gasteiger partial charge on any atom is 0.323 e. The lowest BCUT2D eigenvalue weighted by Crippen LogP contribution is -2.54. The van der Waals surface area contributed by atoms with Crippen molar-refractivity contribution < 1.29 is 9.90 Å². The van der Waals surface area contributed by atoms with Crippen molar-refractivity contribution in [3.63, 3.8) is 0 Å². The number of aliphatic carboxylic acids is 1. The first kappa shape index (κ1) is 15.4. The molecule has 0 aromatic heterocycles. The number of carboxylic acid groups (broad SMARTS) is 1. The van der Waals surface area contributed by atoms with E-state index >= 15 is 0 Å². The largest absolute Gasteiger partial charge is 0.480 e. The zero-order chi connectivity index (χ0) is 13.6. The summed E-state index contributed by atoms with van der Waals surface area (Å²) in [5.74, 6) is -0.695. The number of hydrogen-bond acceptors (Lipinski definition) is 4. The molecule has 0 aromatic carbocycles. The molecule has 2 N–H and O–H groups in total. The lowest BCUT2D eigenvalue weighted by atomic mass is 9.90. The molecule has 1 heterocycles. The molecule has 0 spiro atoms. The third-order valence-electron chi connectivity index (χ3n) is 3.81. The number of likely N-dealkylation sites (N-methyl/N-ethyl adjacent to an activating group) is 1. The SMILES string of the molecule is CCN1CCCC(NCCN(C)C)(C(=O)O)CC1. The van der Waals surface area contributed by atoms with E-state index in [4.69, 9.17) is 0 Å². The Kier molecular flexibility index (Phi) is 6.05. The summed E-state index contributed by atoms with van der Waals surface area (Å²) in [5, 5.41) is 12.8. The van der Waals surface area contributed by atoms with Crippen LogP contribution in [0.3, 0.4) is 0 Å². The molecule has 1 fully saturated rings. The fourth-order valence-corrected chi connectivity index (χ4v) is 2.49. The molecule has 1 aliphatic rings. The van der Waals surface area contributed by atoms with E-state index in [1.54, 1.807) is 0 Å². The monoisotopic (exact) mass is 257 g/mol. The molecule has 18 heavy (non-hydrogen) atoms. The molecular formula is C13H27N3O2. The van der Waals surface area contributed by atoms with Crippen molar-refractivity contribution in [1.82, 2.24) is 15.1 Å². The molecule has 0 bridgehead atoms. The quantitative estimate of drug-likeness (QED) is 0.724. The summed E-state index contributed by atoms with van der Waals surface area (Å²) < 4.78 is 0. The van der Waals surface area contributed by atoms with Crippen molar-refractivity contribution in [2.24, 2.45) is 0 Å². The van der Waals surface area contributed by atoms with Gasteiger partial charge in [-0.2, -0.15) is 0 Å². The van der Waals surface area contributed by atoms with Gasteiger partial charge in [0.2, 0.25) is 0 Å². The number of nitrogens with zero attached hydrogens (tertiary/aromatic N) is 2. The van der Waals surface area contributed by atoms with E-state index in [0.717, 1.165) is 45.6 Å². The van der Waals surface area contributed by atoms with Crippen LogP contribution >= 0.6 is 0 Å². The second-order valence-corrected chi connectivity index (χ2v) is 5.41. The van der Waals surface area contributed by atoms with E-state index in [2.05, 4.69) is 22.0 Å². The molecule has 0 radical (unpaired) electrons. The molecule has 1 unspecified atom stereocenters. The number of nitrogens with one attached hydrogen (secondary N) is 1. The van der Waals surface area contributed by atoms with Crippen LogP contribution in [0.4, 0.5) is 0 Å². The third-order valence-corrected chi connectivity index (χ3v) is 3.81. The normalized spacial score (nSPS) is 26.2. The van der Waals surface area contributed by atoms with Gasteiger partial charge in [-0.1, -0.05) is 6.92 Å². The Balaban J connectivity index is 2.59. The Bertz CT molecular complexity index is 271. The topological polar surface area (TPSA) is 55.8 Å². The summed E-state index contributed by atoms with van der Waals surface area (Å²) in [7, 11) is 4.00. The lowest BCUT2D eigenvalue weighted by molar-refractivity contribution is -0.145. The highest BCUT2D eigenvalue weighted by Gasteiger charge is 2.38. The number of rotatable bonds is 6. The van der Waals surface area contributed by atoms with E-state index in [1.165, 1.54) is 0 Å². The maximum absolute atomic E-state index is 11.6. The van der Waals surface area contributed by atoms with E-state index < -0.39 is 11.5 Å². The Morgan fingerprint density at radius 3 is 2.67 bits per heavy atom. The Labute approximate surface area is 110 Å². The highest BCUT2D eigenvalue weighted by molar-refractivity contribution is 5.78. The van der Waals surface area contributed by atoms with Crippen LogP contribution in [0.25, 0.3) is 0 Å². The summed E-state index contributed by atoms with van der Waals surface area (Å²) >= 11 is 0. The van der Waals surface area contributed by atoms with E-state index in [-0.39, 0.29) is 0 Å². The van der Waals surface area contributed by atoms with Crippen LogP contribution in [0.5, 0.6) is 0 Å². The molecule has 1 saturated heterocycles. The first-order valence-corrected chi connectivity index (χ1v) is 6.85. The molecule has 1 aliphatic heterocycles. The third kappa shape index (κ3) is 4.23. The summed E-state index contributed by atoms with van der Waals surface area (Å²) in [6, 6.07) is 0. The fourth-order valence-electron chi connectivity index (χ4n) is 2.49. The number of carboxylic acids is 1. The van der Waals surface area contributed by atoms with Gasteiger partial charge >= 0.3 is 5.97 Å². The van der Waals surface area contributed by atoms with Crippen molar-refractivity contribution in [3.05, 3.63) is 0 Å². The molecule has 0 aromatic rings. The van der Waals surface area contributed by atoms with Gasteiger partial charge in [-0.15, -0.1) is 0 Å². The molecule has 0 saturated carbocycles. The number of likely N-dealkylation sites (tertiary alicyclic amines) is 1. The van der Waals surface area contributed by atoms with Gasteiger partial charge in [0.1, 0.15) is 5.54 Å². The molecule has 5 heteroatoms. The minimum absolute atomic E-state index is 0.695. The maximum atomic E-state index is 11.6. The van der Waals surface area contributed by atoms with E-state index in [0.29, 0.717) is 6.42 Å². The fraction of sp³-hybridized carbons (Fsp3) is 0.923. The van der Waals surface area contributed by atoms with Crippen LogP contribution in [0.1, 0.15) is 26.2 Å². The van der Waals surface area contributed by atoms with Gasteiger partial charge in [-0.3, -0.25) is 4.79 Å². The first-order valence-electron chi connectivity index (χ1n) is 6.85. The smallest absolute Gasteiger partial charge is 0.323 e. The van der Waals surface area contributed by atoms with Gasteiger partial charge in [0.25, 0.3) is 0 Å². The van der Waals surface area contributed by atoms with E-state index in [1.807, 2.05) is 14.1 Å². The van der Waals surface area contributed by atoms with Crippen molar-refractivity contribution >= 4 is 5.97 Å². The standard InChI is InChI=1S/C13H27N3O2/c1-4-16-9-5-6-13(7-10-16,12(17)18)14-8-11-15(2)3/h14H,4-11H2,1-3H3,(H,17,18). The van der Waals surface area contributed by atoms with E-state index in [9.17, 15) is 9.90 Å². The summed E-state index contributed by atoms with van der Waals surface area (Å²) in [6.45, 7) is 6.62. The summed E-state index contributed by atoms with van der Waals surface area (Å²) in [6.07, 6.45) is 2.38. The average Bonchev–Trinajstić information content (AvgIpc) is 2.52. The molecule has 106 valence electrons. The van der Waals surface area contributed by atoms with Gasteiger partial charge in [0.15, 0.2) is 0 Å². The zero-order valence-corrected chi connectivity index (χ0v) is 11.9. The van der Waals surface area contributed by atoms with Crippen LogP contribution in [0.2, 0.25) is 0 Å². The van der Waals surface area contributed by atoms with Crippen molar-refractivity contribution in [2.45, 2.75) is 31.7 Å². The minimum atomic E-state index is -0.722. The Hall–Kier alpha value is -0.650. The second kappa shape index (κ2) is 7.07. The molecule has 1 atom stereocenters. The van der Waals surface area contributed by atoms with Gasteiger partial charge in [0.05, 0.1) is 0 Å². The first-order chi connectivity index (χ1) is 8.50. The summed E-state index contributed by atoms with van der Waals surface area (Å²) in [4.78, 5) is 16.0. The number of hydrogen-bond donors (Lipinski definition) is 2. The van der Waals surface area contributed by atoms with Crippen LogP contribution < -0.4 is 5.32 Å². The van der Waals surface area contributed by atoms with Gasteiger partial charge in [-0.05, 0) is 46.4 Å². The highest BCUT2D eigenvalue weighted by atomic mass is 16.4. The Morgan fingerprint density at radius 2 is 2.11 bits per heavy atom. The summed E-state index contributed by atoms with van der Waals surface area (Å²) in [5.41, 5.74) is -0.722. The predicted molar refractivity (Wildman–Crippen MR) is 72.9 cm³/mol. The van der Waals surface area contributed by atoms with Gasteiger partial charge in [0, 0.05) is 19.6 Å². The Morgan fingerprint density at radius 1 is 1.39 bits per heavy atom. The van der Waals surface area contributed by atoms with Crippen LogP contribution in [-0.4, -0.2) is 73.2 Å². The van der Waals surface area contributed by atoms with Crippen LogP contribution in [-0.2, 0) is 4.79 Å². The van der Waals surface area contributed by atoms with Crippen molar-refractivity contribution in [1.29, 1.82) is 0 Å². The zero-order valence-electron chi connectivity index (χ0n) is 11.9. The number of carbonyl (C=O) groups is 1. The molecule has 0 aliphatic carbocycles. The lowest BCUT2D eigenvalue weighted by Gasteiger charge is -2.30. The minimum Gasteiger partial charge on any atom is -0.480 e. The van der Waals surface area contributed by atoms with Crippen molar-refractivity contribution in [3.8, 4) is 0 Å². The molecular weight excluding hydrogens is 230 g/mol. The second-order valence-electron chi connectivity index (χ2n) is 5.41. The average molecular weight is 257 g/mol. The van der Waals surface area contributed by atoms with Crippen molar-refractivity contribution in [2.75, 3.05) is 46.8 Å². The molecule has 0 amide bonds. The highest BCUT2D eigenvalue weighted by Crippen LogP contribution is 2.22. The van der Waals surface area contributed by atoms with Gasteiger partial charge < -0.3 is 20.2 Å².